The zero-order valence-electron chi connectivity index (χ0n) is 5.85. The van der Waals surface area contributed by atoms with Crippen molar-refractivity contribution < 1.29 is 4.74 Å². The molecule has 2 atom stereocenters. The number of hydrogen-bond acceptors (Lipinski definition) is 2. The highest BCUT2D eigenvalue weighted by atomic mass is 16.5. The van der Waals surface area contributed by atoms with Crippen LogP contribution in [0.3, 0.4) is 0 Å². The van der Waals surface area contributed by atoms with E-state index in [1.165, 1.54) is 6.42 Å². The Balaban J connectivity index is 2.25. The van der Waals surface area contributed by atoms with Crippen LogP contribution in [-0.2, 0) is 4.74 Å². The normalized spacial score (nSPS) is 46.9. The van der Waals surface area contributed by atoms with E-state index in [1.807, 2.05) is 6.92 Å². The van der Waals surface area contributed by atoms with Crippen LogP contribution >= 0.6 is 0 Å². The van der Waals surface area contributed by atoms with Crippen LogP contribution < -0.4 is 0 Å². The van der Waals surface area contributed by atoms with E-state index < -0.39 is 0 Å². The number of fused-ring (bicyclic) bond motifs is 1. The molecule has 0 amide bonds. The first-order valence-electron chi connectivity index (χ1n) is 3.40. The number of hydrogen-bond donors (Lipinski definition) is 0. The Bertz CT molecular complexity index is 176. The molecule has 0 bridgehead atoms. The van der Waals surface area contributed by atoms with Gasteiger partial charge in [-0.05, 0) is 13.3 Å². The molecule has 0 aromatic carbocycles. The fourth-order valence-electron chi connectivity index (χ4n) is 1.43. The van der Waals surface area contributed by atoms with Gasteiger partial charge in [0.25, 0.3) is 0 Å². The van der Waals surface area contributed by atoms with Crippen LogP contribution in [0.1, 0.15) is 20.3 Å². The van der Waals surface area contributed by atoms with Gasteiger partial charge in [0, 0.05) is 12.8 Å². The van der Waals surface area contributed by atoms with Gasteiger partial charge in [0.05, 0.1) is 12.1 Å². The van der Waals surface area contributed by atoms with Crippen LogP contribution in [0.5, 0.6) is 0 Å². The van der Waals surface area contributed by atoms with E-state index in [2.05, 4.69) is 11.9 Å². The summed E-state index contributed by atoms with van der Waals surface area (Å²) in [5, 5.41) is 0. The molecule has 0 aromatic rings. The minimum atomic E-state index is 0.280. The summed E-state index contributed by atoms with van der Waals surface area (Å²) < 4.78 is 5.25. The molecule has 2 heteroatoms. The summed E-state index contributed by atoms with van der Waals surface area (Å²) in [6.07, 6.45) is 1.23. The molecule has 50 valence electrons. The average molecular weight is 125 g/mol. The Morgan fingerprint density at radius 2 is 2.56 bits per heavy atom. The van der Waals surface area contributed by atoms with Crippen LogP contribution in [0, 0.1) is 5.92 Å². The van der Waals surface area contributed by atoms with Crippen molar-refractivity contribution in [2.24, 2.45) is 10.9 Å². The lowest BCUT2D eigenvalue weighted by atomic mass is 10.2. The van der Waals surface area contributed by atoms with Gasteiger partial charge in [-0.1, -0.05) is 0 Å². The summed E-state index contributed by atoms with van der Waals surface area (Å²) in [6.45, 7) is 5.02. The second kappa shape index (κ2) is 1.31. The largest absolute Gasteiger partial charge is 0.481 e. The topological polar surface area (TPSA) is 21.6 Å². The first kappa shape index (κ1) is 5.27. The van der Waals surface area contributed by atoms with E-state index in [0.29, 0.717) is 0 Å². The Hall–Kier alpha value is -0.530. The Kier molecular flexibility index (Phi) is 0.765. The molecule has 2 unspecified atom stereocenters. The summed E-state index contributed by atoms with van der Waals surface area (Å²) in [7, 11) is 0. The van der Waals surface area contributed by atoms with Gasteiger partial charge < -0.3 is 4.74 Å². The number of ether oxygens (including phenoxy) is 1. The summed E-state index contributed by atoms with van der Waals surface area (Å²) in [4.78, 5) is 4.38. The van der Waals surface area contributed by atoms with E-state index >= 15 is 0 Å². The molecule has 1 fully saturated rings. The smallest absolute Gasteiger partial charge is 0.180 e. The van der Waals surface area contributed by atoms with Gasteiger partial charge in [0.1, 0.15) is 0 Å². The van der Waals surface area contributed by atoms with Crippen molar-refractivity contribution >= 4 is 5.90 Å². The van der Waals surface area contributed by atoms with E-state index in [9.17, 15) is 0 Å². The first-order valence-corrected chi connectivity index (χ1v) is 3.40. The minimum absolute atomic E-state index is 0.280. The molecule has 0 N–H and O–H groups in total. The number of aliphatic imine (C=N–C) groups is 1. The summed E-state index contributed by atoms with van der Waals surface area (Å²) in [5.41, 5.74) is 0.280. The molecule has 2 rings (SSSR count). The minimum Gasteiger partial charge on any atom is -0.481 e. The first-order chi connectivity index (χ1) is 4.21. The van der Waals surface area contributed by atoms with Crippen molar-refractivity contribution in [2.75, 3.05) is 6.61 Å². The van der Waals surface area contributed by atoms with Crippen LogP contribution in [0.15, 0.2) is 4.99 Å². The van der Waals surface area contributed by atoms with E-state index in [4.69, 9.17) is 4.74 Å². The molecule has 0 saturated heterocycles. The molecular weight excluding hydrogens is 114 g/mol. The van der Waals surface area contributed by atoms with Crippen LogP contribution in [0.25, 0.3) is 0 Å². The molecule has 1 aliphatic heterocycles. The average Bonchev–Trinajstić information content (AvgIpc) is 2.38. The number of rotatable bonds is 0. The van der Waals surface area contributed by atoms with Crippen molar-refractivity contribution in [1.82, 2.24) is 0 Å². The third-order valence-electron chi connectivity index (χ3n) is 2.29. The highest BCUT2D eigenvalue weighted by molar-refractivity contribution is 5.75. The second-order valence-electron chi connectivity index (χ2n) is 3.20. The van der Waals surface area contributed by atoms with Crippen LogP contribution in [0.2, 0.25) is 0 Å². The zero-order valence-corrected chi connectivity index (χ0v) is 5.85. The molecule has 0 spiro atoms. The molecule has 0 aromatic heterocycles. The summed E-state index contributed by atoms with van der Waals surface area (Å²) in [6, 6.07) is 0. The van der Waals surface area contributed by atoms with Crippen molar-refractivity contribution in [3.05, 3.63) is 0 Å². The SMILES string of the molecule is CC1=NC2(C)CC2CO1. The lowest BCUT2D eigenvalue weighted by Gasteiger charge is -2.14. The lowest BCUT2D eigenvalue weighted by Crippen LogP contribution is -2.18. The van der Waals surface area contributed by atoms with E-state index in [-0.39, 0.29) is 5.54 Å². The maximum Gasteiger partial charge on any atom is 0.180 e. The summed E-state index contributed by atoms with van der Waals surface area (Å²) in [5.74, 6) is 1.59. The quantitative estimate of drug-likeness (QED) is 0.477. The van der Waals surface area contributed by atoms with Gasteiger partial charge in [-0.25, -0.2) is 4.99 Å². The molecule has 1 saturated carbocycles. The highest BCUT2D eigenvalue weighted by Gasteiger charge is 2.52. The second-order valence-corrected chi connectivity index (χ2v) is 3.20. The predicted molar refractivity (Wildman–Crippen MR) is 35.6 cm³/mol. The van der Waals surface area contributed by atoms with E-state index in [0.717, 1.165) is 18.4 Å². The van der Waals surface area contributed by atoms with Crippen LogP contribution in [-0.4, -0.2) is 18.0 Å². The van der Waals surface area contributed by atoms with Crippen LogP contribution in [0.4, 0.5) is 0 Å². The zero-order chi connectivity index (χ0) is 6.48. The van der Waals surface area contributed by atoms with Crippen molar-refractivity contribution in [3.8, 4) is 0 Å². The lowest BCUT2D eigenvalue weighted by molar-refractivity contribution is 0.253. The fraction of sp³-hybridized carbons (Fsp3) is 0.857. The number of nitrogens with zero attached hydrogens (tertiary/aromatic N) is 1. The molecule has 0 radical (unpaired) electrons. The maximum atomic E-state index is 5.25. The maximum absolute atomic E-state index is 5.25. The van der Waals surface area contributed by atoms with E-state index in [1.54, 1.807) is 0 Å². The van der Waals surface area contributed by atoms with Crippen molar-refractivity contribution in [1.29, 1.82) is 0 Å². The van der Waals surface area contributed by atoms with Crippen molar-refractivity contribution in [2.45, 2.75) is 25.8 Å². The van der Waals surface area contributed by atoms with Gasteiger partial charge in [0.2, 0.25) is 0 Å². The van der Waals surface area contributed by atoms with Gasteiger partial charge in [-0.3, -0.25) is 0 Å². The predicted octanol–water partition coefficient (Wildman–Crippen LogP) is 1.21. The molecular formula is C7H11NO. The molecule has 1 aliphatic carbocycles. The van der Waals surface area contributed by atoms with Gasteiger partial charge >= 0.3 is 0 Å². The highest BCUT2D eigenvalue weighted by Crippen LogP contribution is 2.48. The third-order valence-corrected chi connectivity index (χ3v) is 2.29. The third kappa shape index (κ3) is 0.655. The van der Waals surface area contributed by atoms with Gasteiger partial charge in [0.15, 0.2) is 5.90 Å². The molecule has 1 heterocycles. The monoisotopic (exact) mass is 125 g/mol. The Morgan fingerprint density at radius 1 is 1.78 bits per heavy atom. The Morgan fingerprint density at radius 3 is 3.11 bits per heavy atom. The fourth-order valence-corrected chi connectivity index (χ4v) is 1.43. The molecule has 9 heavy (non-hydrogen) atoms. The standard InChI is InChI=1S/C7H11NO/c1-5-8-7(2)3-6(7)4-9-5/h6H,3-4H2,1-2H3. The van der Waals surface area contributed by atoms with Crippen molar-refractivity contribution in [3.63, 3.8) is 0 Å². The van der Waals surface area contributed by atoms with Gasteiger partial charge in [-0.2, -0.15) is 0 Å². The Labute approximate surface area is 54.9 Å². The molecule has 2 aliphatic rings. The summed E-state index contributed by atoms with van der Waals surface area (Å²) >= 11 is 0. The molecule has 2 nitrogen and oxygen atoms in total. The van der Waals surface area contributed by atoms with Gasteiger partial charge in [-0.15, -0.1) is 0 Å².